The van der Waals surface area contributed by atoms with Gasteiger partial charge >= 0.3 is 0 Å². The summed E-state index contributed by atoms with van der Waals surface area (Å²) in [6.07, 6.45) is 6.36. The number of nitrogens with zero attached hydrogens (tertiary/aromatic N) is 2. The van der Waals surface area contributed by atoms with Gasteiger partial charge in [-0.25, -0.2) is 0 Å². The molecular weight excluding hydrogens is 222 g/mol. The van der Waals surface area contributed by atoms with E-state index in [0.717, 1.165) is 19.6 Å². The number of hydrogen-bond acceptors (Lipinski definition) is 3. The lowest BCUT2D eigenvalue weighted by atomic mass is 10.1. The predicted octanol–water partition coefficient (Wildman–Crippen LogP) is 2.35. The summed E-state index contributed by atoms with van der Waals surface area (Å²) in [6, 6.07) is 3.53. The maximum atomic E-state index is 4.30. The largest absolute Gasteiger partial charge is 0.313 e. The van der Waals surface area contributed by atoms with E-state index in [0.29, 0.717) is 12.1 Å². The number of aromatic nitrogens is 1. The van der Waals surface area contributed by atoms with E-state index in [-0.39, 0.29) is 0 Å². The van der Waals surface area contributed by atoms with Gasteiger partial charge in [-0.15, -0.1) is 0 Å². The molecule has 100 valence electrons. The third-order valence-electron chi connectivity index (χ3n) is 3.88. The number of nitrogens with one attached hydrogen (secondary N) is 1. The minimum Gasteiger partial charge on any atom is -0.313 e. The first kappa shape index (κ1) is 13.5. The summed E-state index contributed by atoms with van der Waals surface area (Å²) >= 11 is 0. The summed E-state index contributed by atoms with van der Waals surface area (Å²) < 4.78 is 0. The van der Waals surface area contributed by atoms with Gasteiger partial charge in [-0.3, -0.25) is 9.88 Å². The standard InChI is InChI=1S/C15H25N3/c1-4-15-11-18(13(3)5-6-17-15)10-14-7-12(2)8-16-9-14/h7-9,13,15,17H,4-6,10-11H2,1-3H3. The van der Waals surface area contributed by atoms with Gasteiger partial charge in [0.1, 0.15) is 0 Å². The zero-order valence-corrected chi connectivity index (χ0v) is 11.8. The molecule has 0 aliphatic carbocycles. The second-order valence-corrected chi connectivity index (χ2v) is 5.50. The van der Waals surface area contributed by atoms with E-state index in [1.54, 1.807) is 0 Å². The van der Waals surface area contributed by atoms with Crippen LogP contribution in [0.25, 0.3) is 0 Å². The van der Waals surface area contributed by atoms with Crippen LogP contribution in [-0.2, 0) is 6.54 Å². The SMILES string of the molecule is CCC1CN(Cc2cncc(C)c2)C(C)CCN1. The first-order valence-electron chi connectivity index (χ1n) is 7.07. The number of pyridine rings is 1. The second kappa shape index (κ2) is 6.30. The minimum absolute atomic E-state index is 0.632. The average molecular weight is 247 g/mol. The molecular formula is C15H25N3. The first-order chi connectivity index (χ1) is 8.69. The van der Waals surface area contributed by atoms with Gasteiger partial charge in [-0.1, -0.05) is 13.0 Å². The molecule has 0 radical (unpaired) electrons. The molecule has 0 spiro atoms. The fraction of sp³-hybridized carbons (Fsp3) is 0.667. The molecule has 0 bridgehead atoms. The maximum absolute atomic E-state index is 4.30. The fourth-order valence-corrected chi connectivity index (χ4v) is 2.64. The average Bonchev–Trinajstić information content (AvgIpc) is 2.52. The third kappa shape index (κ3) is 3.53. The van der Waals surface area contributed by atoms with Crippen LogP contribution in [0.3, 0.4) is 0 Å². The Kier molecular flexibility index (Phi) is 4.72. The van der Waals surface area contributed by atoms with Crippen molar-refractivity contribution in [2.75, 3.05) is 13.1 Å². The number of rotatable bonds is 3. The Labute approximate surface area is 111 Å². The van der Waals surface area contributed by atoms with Gasteiger partial charge in [0, 0.05) is 37.6 Å². The van der Waals surface area contributed by atoms with Gasteiger partial charge in [0.25, 0.3) is 0 Å². The van der Waals surface area contributed by atoms with E-state index in [1.165, 1.54) is 24.0 Å². The van der Waals surface area contributed by atoms with Crippen LogP contribution >= 0.6 is 0 Å². The van der Waals surface area contributed by atoms with Crippen molar-refractivity contribution >= 4 is 0 Å². The molecule has 0 aromatic carbocycles. The molecule has 1 aliphatic heterocycles. The van der Waals surface area contributed by atoms with E-state index in [9.17, 15) is 0 Å². The summed E-state index contributed by atoms with van der Waals surface area (Å²) in [6.45, 7) is 10.0. The number of aryl methyl sites for hydroxylation is 1. The summed E-state index contributed by atoms with van der Waals surface area (Å²) in [5.41, 5.74) is 2.58. The van der Waals surface area contributed by atoms with Crippen LogP contribution in [-0.4, -0.2) is 35.1 Å². The van der Waals surface area contributed by atoms with Crippen molar-refractivity contribution in [2.45, 2.75) is 52.2 Å². The van der Waals surface area contributed by atoms with Crippen LogP contribution < -0.4 is 5.32 Å². The van der Waals surface area contributed by atoms with Crippen LogP contribution in [0.5, 0.6) is 0 Å². The Bertz CT molecular complexity index is 378. The second-order valence-electron chi connectivity index (χ2n) is 5.50. The molecule has 1 saturated heterocycles. The Morgan fingerprint density at radius 3 is 3.00 bits per heavy atom. The lowest BCUT2D eigenvalue weighted by Gasteiger charge is -2.28. The van der Waals surface area contributed by atoms with Crippen molar-refractivity contribution in [1.82, 2.24) is 15.2 Å². The smallest absolute Gasteiger partial charge is 0.0313 e. The van der Waals surface area contributed by atoms with E-state index in [1.807, 2.05) is 12.4 Å². The summed E-state index contributed by atoms with van der Waals surface area (Å²) in [7, 11) is 0. The molecule has 2 atom stereocenters. The molecule has 0 amide bonds. The van der Waals surface area contributed by atoms with E-state index < -0.39 is 0 Å². The van der Waals surface area contributed by atoms with Gasteiger partial charge in [0.2, 0.25) is 0 Å². The Hall–Kier alpha value is -0.930. The maximum Gasteiger partial charge on any atom is 0.0313 e. The minimum atomic E-state index is 0.632. The highest BCUT2D eigenvalue weighted by atomic mass is 15.2. The molecule has 1 aromatic heterocycles. The Morgan fingerprint density at radius 1 is 1.44 bits per heavy atom. The molecule has 3 heteroatoms. The molecule has 2 rings (SSSR count). The van der Waals surface area contributed by atoms with Crippen molar-refractivity contribution < 1.29 is 0 Å². The fourth-order valence-electron chi connectivity index (χ4n) is 2.64. The van der Waals surface area contributed by atoms with Gasteiger partial charge in [0.15, 0.2) is 0 Å². The van der Waals surface area contributed by atoms with Crippen molar-refractivity contribution in [1.29, 1.82) is 0 Å². The quantitative estimate of drug-likeness (QED) is 0.888. The highest BCUT2D eigenvalue weighted by Crippen LogP contribution is 2.15. The third-order valence-corrected chi connectivity index (χ3v) is 3.88. The van der Waals surface area contributed by atoms with Crippen molar-refractivity contribution in [3.63, 3.8) is 0 Å². The first-order valence-corrected chi connectivity index (χ1v) is 7.07. The summed E-state index contributed by atoms with van der Waals surface area (Å²) in [5, 5.41) is 3.63. The molecule has 2 heterocycles. The van der Waals surface area contributed by atoms with E-state index >= 15 is 0 Å². The highest BCUT2D eigenvalue weighted by molar-refractivity contribution is 5.16. The van der Waals surface area contributed by atoms with Crippen molar-refractivity contribution in [2.24, 2.45) is 0 Å². The molecule has 0 saturated carbocycles. The van der Waals surface area contributed by atoms with Gasteiger partial charge in [0.05, 0.1) is 0 Å². The number of hydrogen-bond donors (Lipinski definition) is 1. The summed E-state index contributed by atoms with van der Waals surface area (Å²) in [5.74, 6) is 0. The van der Waals surface area contributed by atoms with Crippen LogP contribution in [0.4, 0.5) is 0 Å². The Balaban J connectivity index is 2.05. The van der Waals surface area contributed by atoms with Crippen LogP contribution in [0.15, 0.2) is 18.5 Å². The zero-order chi connectivity index (χ0) is 13.0. The monoisotopic (exact) mass is 247 g/mol. The lowest BCUT2D eigenvalue weighted by Crippen LogP contribution is -2.39. The highest BCUT2D eigenvalue weighted by Gasteiger charge is 2.21. The van der Waals surface area contributed by atoms with Crippen LogP contribution in [0.1, 0.15) is 37.8 Å². The van der Waals surface area contributed by atoms with Gasteiger partial charge in [-0.05, 0) is 44.4 Å². The normalized spacial score (nSPS) is 25.9. The topological polar surface area (TPSA) is 28.2 Å². The van der Waals surface area contributed by atoms with Crippen LogP contribution in [0, 0.1) is 6.92 Å². The van der Waals surface area contributed by atoms with Crippen molar-refractivity contribution in [3.8, 4) is 0 Å². The molecule has 2 unspecified atom stereocenters. The molecule has 1 aliphatic rings. The van der Waals surface area contributed by atoms with E-state index in [2.05, 4.69) is 42.0 Å². The molecule has 18 heavy (non-hydrogen) atoms. The molecule has 1 fully saturated rings. The van der Waals surface area contributed by atoms with Gasteiger partial charge < -0.3 is 5.32 Å². The predicted molar refractivity (Wildman–Crippen MR) is 75.5 cm³/mol. The Morgan fingerprint density at radius 2 is 2.28 bits per heavy atom. The molecule has 3 nitrogen and oxygen atoms in total. The molecule has 1 N–H and O–H groups in total. The van der Waals surface area contributed by atoms with Gasteiger partial charge in [-0.2, -0.15) is 0 Å². The van der Waals surface area contributed by atoms with Crippen LogP contribution in [0.2, 0.25) is 0 Å². The summed E-state index contributed by atoms with van der Waals surface area (Å²) in [4.78, 5) is 6.88. The van der Waals surface area contributed by atoms with E-state index in [4.69, 9.17) is 0 Å². The van der Waals surface area contributed by atoms with Crippen molar-refractivity contribution in [3.05, 3.63) is 29.6 Å². The lowest BCUT2D eigenvalue weighted by molar-refractivity contribution is 0.194. The molecule has 1 aromatic rings. The zero-order valence-electron chi connectivity index (χ0n) is 11.8.